The minimum absolute atomic E-state index is 0.0112. The van der Waals surface area contributed by atoms with Gasteiger partial charge in [0.25, 0.3) is 0 Å². The fraction of sp³-hybridized carbons (Fsp3) is 0.302. The topological polar surface area (TPSA) is 197 Å². The number of hydrogen-bond donors (Lipinski definition) is 2. The van der Waals surface area contributed by atoms with Gasteiger partial charge in [-0.2, -0.15) is 0 Å². The number of hydrogen-bond acceptors (Lipinski definition) is 12. The normalized spacial score (nSPS) is 12.9. The van der Waals surface area contributed by atoms with Crippen LogP contribution in [0, 0.1) is 0 Å². The highest BCUT2D eigenvalue weighted by atomic mass is 32.2. The quantitative estimate of drug-likeness (QED) is 0.0515. The van der Waals surface area contributed by atoms with Crippen LogP contribution in [0.25, 0.3) is 90.9 Å². The van der Waals surface area contributed by atoms with Crippen molar-refractivity contribution in [2.24, 2.45) is 0 Å². The van der Waals surface area contributed by atoms with Gasteiger partial charge in [-0.05, 0) is 127 Å². The number of fused-ring (bicyclic) bond motifs is 8. The number of ether oxygens (including phenoxy) is 4. The molecule has 7 aromatic rings. The number of rotatable bonds is 25. The predicted octanol–water partition coefficient (Wildman–Crippen LogP) is 13.1. The Kier molecular flexibility index (Phi) is 18.1. The second kappa shape index (κ2) is 25.3. The van der Waals surface area contributed by atoms with E-state index >= 15 is 0 Å². The molecule has 4 aromatic carbocycles. The van der Waals surface area contributed by atoms with Crippen LogP contribution in [0.15, 0.2) is 121 Å². The van der Waals surface area contributed by atoms with Gasteiger partial charge in [0, 0.05) is 68.7 Å². The van der Waals surface area contributed by atoms with Crippen molar-refractivity contribution in [2.75, 3.05) is 55.8 Å². The Balaban J connectivity index is 1.30. The van der Waals surface area contributed by atoms with Crippen molar-refractivity contribution in [3.63, 3.8) is 0 Å². The zero-order valence-corrected chi connectivity index (χ0v) is 48.3. The third-order valence-corrected chi connectivity index (χ3v) is 16.5. The molecule has 0 radical (unpaired) electrons. The minimum Gasteiger partial charge on any atom is -0.493 e. The average Bonchev–Trinajstić information content (AvgIpc) is 4.35. The van der Waals surface area contributed by atoms with Gasteiger partial charge >= 0.3 is 0 Å². The van der Waals surface area contributed by atoms with Crippen molar-refractivity contribution in [2.45, 2.75) is 64.9 Å². The highest BCUT2D eigenvalue weighted by Gasteiger charge is 2.22. The van der Waals surface area contributed by atoms with Crippen LogP contribution in [-0.2, 0) is 29.5 Å². The maximum absolute atomic E-state index is 11.9. The summed E-state index contributed by atoms with van der Waals surface area (Å²) < 4.78 is 96.3. The Bertz CT molecular complexity index is 3850. The van der Waals surface area contributed by atoms with E-state index in [1.807, 2.05) is 127 Å². The standard InChI is InChI=1S/C63H68N4O10S3/c1-6-8-9-10-14-49(13-7-2)77-59-16-12-11-15-50(59)63-57-35-33-55(66-57)61(44-19-25-47(26-20-44)75-38-41-79(4,70)71)53-31-29-51(64-53)60(43-17-23-46(24-18-43)74-37-40-78(3,68)69)52-30-32-54(65-52)62(56-34-36-58(63)67-56)45-21-27-48(28-22-45)76-39-42-80(5,72)73/h11-12,15-36,49,64,67H,6-10,13-14,37-42H2,1-5H3. The van der Waals surface area contributed by atoms with Crippen molar-refractivity contribution in [3.05, 3.63) is 144 Å². The third-order valence-electron chi connectivity index (χ3n) is 13.8. The molecule has 0 spiro atoms. The van der Waals surface area contributed by atoms with Crippen LogP contribution in [0.4, 0.5) is 0 Å². The zero-order valence-electron chi connectivity index (χ0n) is 45.8. The number of unbranched alkanes of at least 4 members (excludes halogenated alkanes) is 3. The molecule has 17 heteroatoms. The maximum atomic E-state index is 11.9. The summed E-state index contributed by atoms with van der Waals surface area (Å²) in [6.07, 6.45) is 19.0. The summed E-state index contributed by atoms with van der Waals surface area (Å²) in [5.74, 6) is 1.99. The summed E-state index contributed by atoms with van der Waals surface area (Å²) in [5, 5.41) is 0. The molecule has 2 aliphatic heterocycles. The summed E-state index contributed by atoms with van der Waals surface area (Å²) in [6.45, 7) is 4.46. The highest BCUT2D eigenvalue weighted by Crippen LogP contribution is 2.41. The SMILES string of the molecule is CCCCCCC(CCC)Oc1ccccc1-c1c2nc(c(-c3ccc(OCCS(C)(=O)=O)cc3)c3ccc([nH]3)c(-c3ccc(OCCS(C)(=O)=O)cc3)c3nc(c(-c4ccc(OCCS(C)(=O)=O)cc4)c4ccc1[nH]4)C=C3)C=C2. The van der Waals surface area contributed by atoms with Crippen LogP contribution in [0.2, 0.25) is 0 Å². The number of H-pyrrole nitrogens is 2. The van der Waals surface area contributed by atoms with Gasteiger partial charge in [0.2, 0.25) is 0 Å². The van der Waals surface area contributed by atoms with Gasteiger partial charge in [0.15, 0.2) is 29.5 Å². The predicted molar refractivity (Wildman–Crippen MR) is 324 cm³/mol. The molecule has 0 aliphatic carbocycles. The lowest BCUT2D eigenvalue weighted by Gasteiger charge is -2.21. The summed E-state index contributed by atoms with van der Waals surface area (Å²) in [6, 6.07) is 38.9. The second-order valence-corrected chi connectivity index (χ2v) is 27.2. The molecule has 1 unspecified atom stereocenters. The fourth-order valence-corrected chi connectivity index (χ4v) is 11.0. The molecule has 1 atom stereocenters. The van der Waals surface area contributed by atoms with E-state index in [2.05, 4.69) is 42.0 Å². The largest absolute Gasteiger partial charge is 0.493 e. The van der Waals surface area contributed by atoms with Gasteiger partial charge in [0.1, 0.15) is 42.8 Å². The van der Waals surface area contributed by atoms with E-state index in [0.717, 1.165) is 111 Å². The number of aromatic amines is 2. The first-order valence-electron chi connectivity index (χ1n) is 27.1. The van der Waals surface area contributed by atoms with Crippen LogP contribution in [0.3, 0.4) is 0 Å². The van der Waals surface area contributed by atoms with E-state index in [1.54, 1.807) is 0 Å². The van der Waals surface area contributed by atoms with Crippen LogP contribution < -0.4 is 18.9 Å². The Hall–Kier alpha value is -7.47. The Labute approximate surface area is 469 Å². The molecule has 0 amide bonds. The summed E-state index contributed by atoms with van der Waals surface area (Å²) in [5.41, 5.74) is 12.4. The lowest BCUT2D eigenvalue weighted by molar-refractivity contribution is 0.176. The number of sulfone groups is 3. The number of nitrogens with one attached hydrogen (secondary N) is 2. The van der Waals surface area contributed by atoms with Gasteiger partial charge in [0.05, 0.1) is 46.1 Å². The van der Waals surface area contributed by atoms with Crippen LogP contribution in [0.5, 0.6) is 23.0 Å². The van der Waals surface area contributed by atoms with Crippen LogP contribution in [0.1, 0.15) is 81.6 Å². The monoisotopic (exact) mass is 1140 g/mol. The van der Waals surface area contributed by atoms with Gasteiger partial charge < -0.3 is 28.9 Å². The molecule has 8 bridgehead atoms. The van der Waals surface area contributed by atoms with E-state index in [0.29, 0.717) is 40.0 Å². The molecule has 2 N–H and O–H groups in total. The molecular weight excluding hydrogens is 1070 g/mol. The van der Waals surface area contributed by atoms with Crippen molar-refractivity contribution in [1.29, 1.82) is 0 Å². The molecule has 0 fully saturated rings. The molecule has 0 saturated carbocycles. The molecule has 9 rings (SSSR count). The van der Waals surface area contributed by atoms with E-state index in [4.69, 9.17) is 28.9 Å². The van der Waals surface area contributed by atoms with Crippen molar-refractivity contribution in [1.82, 2.24) is 19.9 Å². The molecule has 3 aromatic heterocycles. The summed E-state index contributed by atoms with van der Waals surface area (Å²) in [7, 11) is -9.69. The fourth-order valence-electron chi connectivity index (χ4n) is 9.82. The molecule has 14 nitrogen and oxygen atoms in total. The Morgan fingerprint density at radius 2 is 0.800 bits per heavy atom. The molecule has 5 heterocycles. The van der Waals surface area contributed by atoms with Crippen LogP contribution >= 0.6 is 0 Å². The number of aromatic nitrogens is 4. The van der Waals surface area contributed by atoms with Gasteiger partial charge in [-0.15, -0.1) is 0 Å². The van der Waals surface area contributed by atoms with E-state index in [1.165, 1.54) is 25.2 Å². The van der Waals surface area contributed by atoms with E-state index in [9.17, 15) is 25.3 Å². The van der Waals surface area contributed by atoms with Crippen molar-refractivity contribution >= 4 is 75.9 Å². The second-order valence-electron chi connectivity index (χ2n) is 20.4. The Morgan fingerprint density at radius 1 is 0.425 bits per heavy atom. The number of nitrogens with zero attached hydrogens (tertiary/aromatic N) is 2. The van der Waals surface area contributed by atoms with Gasteiger partial charge in [-0.3, -0.25) is 0 Å². The lowest BCUT2D eigenvalue weighted by Crippen LogP contribution is -2.16. The molecule has 0 saturated heterocycles. The first-order valence-corrected chi connectivity index (χ1v) is 33.2. The van der Waals surface area contributed by atoms with E-state index in [-0.39, 0.29) is 43.2 Å². The summed E-state index contributed by atoms with van der Waals surface area (Å²) >= 11 is 0. The third kappa shape index (κ3) is 14.8. The lowest BCUT2D eigenvalue weighted by atomic mass is 10.0. The molecule has 80 heavy (non-hydrogen) atoms. The number of para-hydroxylation sites is 1. The first kappa shape index (κ1) is 57.2. The zero-order chi connectivity index (χ0) is 56.4. The maximum Gasteiger partial charge on any atom is 0.150 e. The molecule has 418 valence electrons. The van der Waals surface area contributed by atoms with Gasteiger partial charge in [-0.25, -0.2) is 35.2 Å². The van der Waals surface area contributed by atoms with E-state index < -0.39 is 29.5 Å². The summed E-state index contributed by atoms with van der Waals surface area (Å²) in [4.78, 5) is 18.5. The molecular formula is C63H68N4O10S3. The first-order chi connectivity index (χ1) is 38.4. The molecule has 2 aliphatic rings. The van der Waals surface area contributed by atoms with Gasteiger partial charge in [-0.1, -0.05) is 94.1 Å². The van der Waals surface area contributed by atoms with Crippen molar-refractivity contribution in [3.8, 4) is 67.5 Å². The number of benzene rings is 4. The van der Waals surface area contributed by atoms with Crippen LogP contribution in [-0.4, -0.2) is 107 Å². The minimum atomic E-state index is -3.23. The van der Waals surface area contributed by atoms with Crippen molar-refractivity contribution < 1.29 is 44.2 Å². The highest BCUT2D eigenvalue weighted by molar-refractivity contribution is 7.91. The Morgan fingerprint density at radius 3 is 1.18 bits per heavy atom. The average molecular weight is 1140 g/mol. The smallest absolute Gasteiger partial charge is 0.150 e.